The molecule has 0 amide bonds. The number of benzene rings is 1. The van der Waals surface area contributed by atoms with Gasteiger partial charge in [0.05, 0.1) is 11.4 Å². The van der Waals surface area contributed by atoms with Gasteiger partial charge in [0.1, 0.15) is 16.8 Å². The van der Waals surface area contributed by atoms with Crippen LogP contribution in [0.1, 0.15) is 11.1 Å². The molecule has 1 aromatic carbocycles. The van der Waals surface area contributed by atoms with E-state index in [0.29, 0.717) is 5.75 Å². The van der Waals surface area contributed by atoms with E-state index in [9.17, 15) is 15.0 Å². The molecule has 0 saturated carbocycles. The first-order valence-corrected chi connectivity index (χ1v) is 9.07. The van der Waals surface area contributed by atoms with E-state index in [1.807, 2.05) is 31.0 Å². The third kappa shape index (κ3) is 2.85. The molecular weight excluding hydrogens is 320 g/mol. The first kappa shape index (κ1) is 15.7. The number of phenols is 1. The number of hydrogen-bond donors (Lipinski definition) is 2. The molecule has 1 fully saturated rings. The number of phenolic OH excluding ortho intramolecular Hbond substituents is 1. The molecule has 0 aliphatic carbocycles. The quantitative estimate of drug-likeness (QED) is 0.878. The molecule has 0 radical (unpaired) electrons. The van der Waals surface area contributed by atoms with E-state index in [2.05, 4.69) is 0 Å². The summed E-state index contributed by atoms with van der Waals surface area (Å²) < 4.78 is 0. The highest BCUT2D eigenvalue weighted by Gasteiger charge is 2.41. The summed E-state index contributed by atoms with van der Waals surface area (Å²) in [6.45, 7) is 1.94. The predicted octanol–water partition coefficient (Wildman–Crippen LogP) is 2.02. The molecule has 22 heavy (non-hydrogen) atoms. The summed E-state index contributed by atoms with van der Waals surface area (Å²) in [6.07, 6.45) is 0. The smallest absolute Gasteiger partial charge is 0.321 e. The Morgan fingerprint density at radius 3 is 2.82 bits per heavy atom. The molecule has 2 N–H and O–H groups in total. The third-order valence-electron chi connectivity index (χ3n) is 3.99. The molecule has 2 aliphatic heterocycles. The maximum Gasteiger partial charge on any atom is 0.321 e. The van der Waals surface area contributed by atoms with Crippen molar-refractivity contribution in [1.82, 2.24) is 4.90 Å². The van der Waals surface area contributed by atoms with Crippen LogP contribution < -0.4 is 0 Å². The number of hydrogen-bond acceptors (Lipinski definition) is 6. The number of nitrogens with zero attached hydrogens (tertiary/aromatic N) is 2. The number of aromatic hydroxyl groups is 1. The van der Waals surface area contributed by atoms with E-state index < -0.39 is 12.0 Å². The van der Waals surface area contributed by atoms with Gasteiger partial charge in [0.25, 0.3) is 0 Å². The zero-order valence-corrected chi connectivity index (χ0v) is 14.0. The number of aliphatic imine (C=N–C) groups is 1. The summed E-state index contributed by atoms with van der Waals surface area (Å²) in [6, 6.07) is 5.21. The normalized spacial score (nSPS) is 28.8. The van der Waals surface area contributed by atoms with Crippen molar-refractivity contribution in [3.63, 3.8) is 0 Å². The summed E-state index contributed by atoms with van der Waals surface area (Å²) in [5, 5.41) is 20.2. The fourth-order valence-corrected chi connectivity index (χ4v) is 5.50. The minimum atomic E-state index is -0.775. The molecule has 0 spiro atoms. The van der Waals surface area contributed by atoms with Crippen molar-refractivity contribution < 1.29 is 15.0 Å². The Morgan fingerprint density at radius 1 is 1.41 bits per heavy atom. The van der Waals surface area contributed by atoms with Crippen LogP contribution in [0.4, 0.5) is 0 Å². The van der Waals surface area contributed by atoms with Crippen LogP contribution in [-0.4, -0.2) is 62.1 Å². The number of aliphatic carboxylic acids is 1. The molecular formula is C15H18N2O3S2. The van der Waals surface area contributed by atoms with Crippen molar-refractivity contribution in [3.8, 4) is 5.75 Å². The topological polar surface area (TPSA) is 73.1 Å². The Bertz CT molecular complexity index is 635. The number of carboxylic acid groups (broad SMARTS) is 1. The van der Waals surface area contributed by atoms with Gasteiger partial charge in [-0.05, 0) is 31.7 Å². The molecule has 5 nitrogen and oxygen atoms in total. The SMILES string of the molecule is Cc1ccc(C2=NC(C3SCC(C(=O)O)N3C)CS2)c(O)c1. The summed E-state index contributed by atoms with van der Waals surface area (Å²) in [4.78, 5) is 17.8. The van der Waals surface area contributed by atoms with Gasteiger partial charge >= 0.3 is 5.97 Å². The molecule has 0 aromatic heterocycles. The van der Waals surface area contributed by atoms with Crippen LogP contribution >= 0.6 is 23.5 Å². The highest BCUT2D eigenvalue weighted by Crippen LogP contribution is 2.37. The minimum absolute atomic E-state index is 0.0556. The molecule has 7 heteroatoms. The monoisotopic (exact) mass is 338 g/mol. The second-order valence-electron chi connectivity index (χ2n) is 5.58. The average Bonchev–Trinajstić information content (AvgIpc) is 3.05. The first-order chi connectivity index (χ1) is 10.5. The highest BCUT2D eigenvalue weighted by atomic mass is 32.2. The molecule has 1 aromatic rings. The fourth-order valence-electron chi connectivity index (χ4n) is 2.74. The van der Waals surface area contributed by atoms with Crippen molar-refractivity contribution >= 4 is 34.5 Å². The molecule has 3 rings (SSSR count). The van der Waals surface area contributed by atoms with Crippen molar-refractivity contribution in [2.24, 2.45) is 4.99 Å². The van der Waals surface area contributed by atoms with Gasteiger partial charge in [-0.25, -0.2) is 0 Å². The fraction of sp³-hybridized carbons (Fsp3) is 0.467. The average molecular weight is 338 g/mol. The zero-order valence-electron chi connectivity index (χ0n) is 12.4. The lowest BCUT2D eigenvalue weighted by atomic mass is 10.1. The third-order valence-corrected chi connectivity index (χ3v) is 6.59. The van der Waals surface area contributed by atoms with Gasteiger partial charge in [0.15, 0.2) is 0 Å². The van der Waals surface area contributed by atoms with Gasteiger partial charge in [-0.1, -0.05) is 6.07 Å². The number of carbonyl (C=O) groups is 1. The Balaban J connectivity index is 1.79. The summed E-state index contributed by atoms with van der Waals surface area (Å²) in [7, 11) is 1.85. The van der Waals surface area contributed by atoms with E-state index in [-0.39, 0.29) is 17.2 Å². The molecule has 118 valence electrons. The molecule has 3 unspecified atom stereocenters. The summed E-state index contributed by atoms with van der Waals surface area (Å²) >= 11 is 3.27. The zero-order chi connectivity index (χ0) is 15.9. The number of likely N-dealkylation sites (N-methyl/N-ethyl adjacent to an activating group) is 1. The summed E-state index contributed by atoms with van der Waals surface area (Å²) in [5.74, 6) is 0.890. The van der Waals surface area contributed by atoms with Gasteiger partial charge in [-0.3, -0.25) is 14.7 Å². The number of aryl methyl sites for hydroxylation is 1. The van der Waals surface area contributed by atoms with E-state index in [1.54, 1.807) is 29.6 Å². The van der Waals surface area contributed by atoms with Crippen LogP contribution in [0.3, 0.4) is 0 Å². The van der Waals surface area contributed by atoms with E-state index >= 15 is 0 Å². The van der Waals surface area contributed by atoms with Crippen LogP contribution in [0.15, 0.2) is 23.2 Å². The maximum absolute atomic E-state index is 11.2. The van der Waals surface area contributed by atoms with Crippen LogP contribution in [0, 0.1) is 6.92 Å². The standard InChI is InChI=1S/C15H18N2O3S2/c1-8-3-4-9(12(18)5-8)13-16-10(6-21-13)14-17(2)11(7-22-14)15(19)20/h3-5,10-11,14,18H,6-7H2,1-2H3,(H,19,20). The van der Waals surface area contributed by atoms with Crippen LogP contribution in [0.2, 0.25) is 0 Å². The lowest BCUT2D eigenvalue weighted by Gasteiger charge is -2.24. The largest absolute Gasteiger partial charge is 0.507 e. The molecule has 2 heterocycles. The Labute approximate surface area is 137 Å². The van der Waals surface area contributed by atoms with Crippen LogP contribution in [-0.2, 0) is 4.79 Å². The molecule has 1 saturated heterocycles. The number of thioether (sulfide) groups is 2. The van der Waals surface area contributed by atoms with Crippen molar-refractivity contribution in [2.45, 2.75) is 24.4 Å². The van der Waals surface area contributed by atoms with Crippen molar-refractivity contribution in [1.29, 1.82) is 0 Å². The van der Waals surface area contributed by atoms with Gasteiger partial charge in [0.2, 0.25) is 0 Å². The van der Waals surface area contributed by atoms with Gasteiger partial charge < -0.3 is 10.2 Å². The van der Waals surface area contributed by atoms with Crippen LogP contribution in [0.25, 0.3) is 0 Å². The lowest BCUT2D eigenvalue weighted by molar-refractivity contribution is -0.141. The van der Waals surface area contributed by atoms with Crippen molar-refractivity contribution in [3.05, 3.63) is 29.3 Å². The second kappa shape index (κ2) is 6.14. The summed E-state index contributed by atoms with van der Waals surface area (Å²) in [5.41, 5.74) is 1.77. The van der Waals surface area contributed by atoms with Crippen LogP contribution in [0.5, 0.6) is 5.75 Å². The maximum atomic E-state index is 11.2. The Hall–Kier alpha value is -1.18. The molecule has 3 atom stereocenters. The first-order valence-electron chi connectivity index (χ1n) is 7.04. The second-order valence-corrected chi connectivity index (χ2v) is 7.73. The predicted molar refractivity (Wildman–Crippen MR) is 91.1 cm³/mol. The Morgan fingerprint density at radius 2 is 2.18 bits per heavy atom. The molecule has 0 bridgehead atoms. The lowest BCUT2D eigenvalue weighted by Crippen LogP contribution is -2.42. The van der Waals surface area contributed by atoms with E-state index in [4.69, 9.17) is 4.99 Å². The van der Waals surface area contributed by atoms with E-state index in [0.717, 1.165) is 21.9 Å². The Kier molecular flexibility index (Phi) is 4.38. The minimum Gasteiger partial charge on any atom is -0.507 e. The van der Waals surface area contributed by atoms with E-state index in [1.165, 1.54) is 0 Å². The van der Waals surface area contributed by atoms with Gasteiger partial charge in [0, 0.05) is 17.1 Å². The number of carboxylic acids is 1. The van der Waals surface area contributed by atoms with Gasteiger partial charge in [-0.2, -0.15) is 0 Å². The number of rotatable bonds is 3. The molecule has 2 aliphatic rings. The van der Waals surface area contributed by atoms with Gasteiger partial charge in [-0.15, -0.1) is 23.5 Å². The highest BCUT2D eigenvalue weighted by molar-refractivity contribution is 8.14. The van der Waals surface area contributed by atoms with Crippen molar-refractivity contribution in [2.75, 3.05) is 18.6 Å².